The molecule has 0 radical (unpaired) electrons. The molecule has 1 aliphatic rings. The first-order chi connectivity index (χ1) is 11.6. The van der Waals surface area contributed by atoms with E-state index in [0.717, 1.165) is 42.7 Å². The van der Waals surface area contributed by atoms with Crippen molar-refractivity contribution < 1.29 is 9.53 Å². The molecule has 1 saturated heterocycles. The normalized spacial score (nSPS) is 20.8. The fourth-order valence-electron chi connectivity index (χ4n) is 3.31. The first-order valence-corrected chi connectivity index (χ1v) is 8.60. The minimum atomic E-state index is -0.131. The molecule has 0 aliphatic carbocycles. The van der Waals surface area contributed by atoms with Crippen LogP contribution in [0.4, 0.5) is 0 Å². The van der Waals surface area contributed by atoms with Crippen LogP contribution in [0.25, 0.3) is 0 Å². The lowest BCUT2D eigenvalue weighted by Gasteiger charge is -2.31. The Morgan fingerprint density at radius 1 is 1.33 bits per heavy atom. The van der Waals surface area contributed by atoms with E-state index in [1.807, 2.05) is 43.1 Å². The van der Waals surface area contributed by atoms with E-state index < -0.39 is 0 Å². The number of carbonyl (C=O) groups excluding carboxylic acids is 1. The fraction of sp³-hybridized carbons (Fsp3) is 0.474. The monoisotopic (exact) mass is 327 g/mol. The predicted molar refractivity (Wildman–Crippen MR) is 93.0 cm³/mol. The van der Waals surface area contributed by atoms with Gasteiger partial charge in [0.15, 0.2) is 0 Å². The van der Waals surface area contributed by atoms with Gasteiger partial charge in [-0.15, -0.1) is 0 Å². The second-order valence-electron chi connectivity index (χ2n) is 6.52. The van der Waals surface area contributed by atoms with Crippen molar-refractivity contribution in [2.24, 2.45) is 0 Å². The van der Waals surface area contributed by atoms with Crippen LogP contribution in [0.3, 0.4) is 0 Å². The summed E-state index contributed by atoms with van der Waals surface area (Å²) in [5.74, 6) is -0.0369. The van der Waals surface area contributed by atoms with Crippen LogP contribution in [0.2, 0.25) is 0 Å². The average Bonchev–Trinajstić information content (AvgIpc) is 3.03. The molecule has 5 nitrogen and oxygen atoms in total. The highest BCUT2D eigenvalue weighted by molar-refractivity contribution is 5.94. The summed E-state index contributed by atoms with van der Waals surface area (Å²) in [7, 11) is 0. The Morgan fingerprint density at radius 2 is 2.08 bits per heavy atom. The van der Waals surface area contributed by atoms with Gasteiger partial charge < -0.3 is 10.1 Å². The number of hydrogen-bond acceptors (Lipinski definition) is 3. The van der Waals surface area contributed by atoms with E-state index >= 15 is 0 Å². The third kappa shape index (κ3) is 3.67. The van der Waals surface area contributed by atoms with Crippen molar-refractivity contribution >= 4 is 5.91 Å². The fourth-order valence-corrected chi connectivity index (χ4v) is 3.31. The summed E-state index contributed by atoms with van der Waals surface area (Å²) in [6.07, 6.45) is 5.59. The summed E-state index contributed by atoms with van der Waals surface area (Å²) in [6, 6.07) is 5.90. The molecule has 0 bridgehead atoms. The van der Waals surface area contributed by atoms with Gasteiger partial charge in [-0.1, -0.05) is 17.2 Å². The van der Waals surface area contributed by atoms with Gasteiger partial charge >= 0.3 is 0 Å². The van der Waals surface area contributed by atoms with Crippen LogP contribution < -0.4 is 5.32 Å². The molecular formula is C19H25N3O2. The predicted octanol–water partition coefficient (Wildman–Crippen LogP) is 3.17. The van der Waals surface area contributed by atoms with Gasteiger partial charge in [-0.25, -0.2) is 0 Å². The van der Waals surface area contributed by atoms with E-state index in [9.17, 15) is 4.79 Å². The van der Waals surface area contributed by atoms with Crippen molar-refractivity contribution in [3.8, 4) is 0 Å². The summed E-state index contributed by atoms with van der Waals surface area (Å²) in [4.78, 5) is 12.7. The van der Waals surface area contributed by atoms with Gasteiger partial charge in [-0.2, -0.15) is 5.10 Å². The Balaban J connectivity index is 1.77. The smallest absolute Gasteiger partial charge is 0.251 e. The maximum Gasteiger partial charge on any atom is 0.251 e. The van der Waals surface area contributed by atoms with Crippen molar-refractivity contribution in [1.82, 2.24) is 15.1 Å². The molecule has 1 aliphatic heterocycles. The van der Waals surface area contributed by atoms with Gasteiger partial charge in [-0.3, -0.25) is 9.48 Å². The van der Waals surface area contributed by atoms with E-state index in [-0.39, 0.29) is 18.1 Å². The van der Waals surface area contributed by atoms with E-state index in [2.05, 4.69) is 23.4 Å². The summed E-state index contributed by atoms with van der Waals surface area (Å²) in [6.45, 7) is 7.62. The SMILES string of the molecule is CCn1cc([C@@H]2OCCC[C@H]2NC(=O)c2cc(C)cc(C)c2)cn1. The van der Waals surface area contributed by atoms with Gasteiger partial charge in [0.05, 0.1) is 12.2 Å². The summed E-state index contributed by atoms with van der Waals surface area (Å²) in [5.41, 5.74) is 3.94. The lowest BCUT2D eigenvalue weighted by molar-refractivity contribution is -0.00950. The molecule has 1 N–H and O–H groups in total. The molecule has 2 heterocycles. The first kappa shape index (κ1) is 16.7. The lowest BCUT2D eigenvalue weighted by atomic mass is 9.97. The van der Waals surface area contributed by atoms with E-state index in [1.54, 1.807) is 0 Å². The maximum absolute atomic E-state index is 12.7. The zero-order valence-electron chi connectivity index (χ0n) is 14.6. The largest absolute Gasteiger partial charge is 0.371 e. The van der Waals surface area contributed by atoms with Gasteiger partial charge in [0.25, 0.3) is 5.91 Å². The van der Waals surface area contributed by atoms with E-state index in [4.69, 9.17) is 4.74 Å². The molecule has 0 spiro atoms. The number of aryl methyl sites for hydroxylation is 3. The third-order valence-corrected chi connectivity index (χ3v) is 4.43. The number of amides is 1. The van der Waals surface area contributed by atoms with Crippen LogP contribution in [0.15, 0.2) is 30.6 Å². The van der Waals surface area contributed by atoms with Crippen molar-refractivity contribution in [3.63, 3.8) is 0 Å². The molecule has 2 atom stereocenters. The Hall–Kier alpha value is -2.14. The van der Waals surface area contributed by atoms with E-state index in [1.165, 1.54) is 0 Å². The molecule has 5 heteroatoms. The van der Waals surface area contributed by atoms with Crippen molar-refractivity contribution in [2.75, 3.05) is 6.61 Å². The third-order valence-electron chi connectivity index (χ3n) is 4.43. The topological polar surface area (TPSA) is 56.1 Å². The number of ether oxygens (including phenoxy) is 1. The molecule has 3 rings (SSSR count). The highest BCUT2D eigenvalue weighted by Gasteiger charge is 2.30. The Morgan fingerprint density at radius 3 is 2.75 bits per heavy atom. The van der Waals surface area contributed by atoms with Crippen LogP contribution in [0.5, 0.6) is 0 Å². The zero-order valence-corrected chi connectivity index (χ0v) is 14.6. The van der Waals surface area contributed by atoms with Gasteiger partial charge in [0.2, 0.25) is 0 Å². The van der Waals surface area contributed by atoms with Crippen molar-refractivity contribution in [2.45, 2.75) is 52.3 Å². The molecule has 1 aromatic heterocycles. The lowest BCUT2D eigenvalue weighted by Crippen LogP contribution is -2.42. The molecule has 0 saturated carbocycles. The Kier molecular flexibility index (Phi) is 5.00. The highest BCUT2D eigenvalue weighted by Crippen LogP contribution is 2.28. The second-order valence-corrected chi connectivity index (χ2v) is 6.52. The quantitative estimate of drug-likeness (QED) is 0.938. The molecule has 24 heavy (non-hydrogen) atoms. The minimum absolute atomic E-state index is 0.0263. The number of nitrogens with one attached hydrogen (secondary N) is 1. The minimum Gasteiger partial charge on any atom is -0.371 e. The summed E-state index contributed by atoms with van der Waals surface area (Å²) < 4.78 is 7.84. The number of benzene rings is 1. The molecule has 1 aromatic carbocycles. The van der Waals surface area contributed by atoms with Crippen LogP contribution in [0.1, 0.15) is 52.9 Å². The van der Waals surface area contributed by atoms with E-state index in [0.29, 0.717) is 5.56 Å². The van der Waals surface area contributed by atoms with Crippen LogP contribution >= 0.6 is 0 Å². The van der Waals surface area contributed by atoms with Crippen molar-refractivity contribution in [1.29, 1.82) is 0 Å². The number of nitrogens with zero attached hydrogens (tertiary/aromatic N) is 2. The van der Waals surface area contributed by atoms with Crippen LogP contribution in [0, 0.1) is 13.8 Å². The van der Waals surface area contributed by atoms with Crippen molar-refractivity contribution in [3.05, 3.63) is 52.8 Å². The maximum atomic E-state index is 12.7. The molecule has 2 aromatic rings. The Labute approximate surface area is 143 Å². The average molecular weight is 327 g/mol. The molecule has 1 amide bonds. The molecular weight excluding hydrogens is 302 g/mol. The van der Waals surface area contributed by atoms with Gasteiger partial charge in [0.1, 0.15) is 6.10 Å². The van der Waals surface area contributed by atoms with Gasteiger partial charge in [-0.05, 0) is 45.7 Å². The number of hydrogen-bond donors (Lipinski definition) is 1. The first-order valence-electron chi connectivity index (χ1n) is 8.60. The summed E-state index contributed by atoms with van der Waals surface area (Å²) in [5, 5.41) is 7.49. The van der Waals surface area contributed by atoms with Gasteiger partial charge in [0, 0.05) is 30.5 Å². The number of rotatable bonds is 4. The summed E-state index contributed by atoms with van der Waals surface area (Å²) >= 11 is 0. The van der Waals surface area contributed by atoms with Crippen LogP contribution in [-0.2, 0) is 11.3 Å². The standard InChI is InChI=1S/C19H25N3O2/c1-4-22-12-16(11-20-22)18-17(6-5-7-24-18)21-19(23)15-9-13(2)8-14(3)10-15/h8-12,17-18H,4-7H2,1-3H3,(H,21,23)/t17-,18+/m1/s1. The Bertz CT molecular complexity index is 703. The zero-order chi connectivity index (χ0) is 17.1. The highest BCUT2D eigenvalue weighted by atomic mass is 16.5. The molecule has 1 fully saturated rings. The number of carbonyl (C=O) groups is 1. The van der Waals surface area contributed by atoms with Crippen LogP contribution in [-0.4, -0.2) is 28.3 Å². The second kappa shape index (κ2) is 7.18. The molecule has 128 valence electrons. The number of aromatic nitrogens is 2. The molecule has 0 unspecified atom stereocenters.